The number of carbonyl (C=O) groups excluding carboxylic acids is 2. The minimum atomic E-state index is -0.369. The van der Waals surface area contributed by atoms with Crippen LogP contribution in [0.25, 0.3) is 0 Å². The average molecular weight is 488 g/mol. The van der Waals surface area contributed by atoms with Crippen molar-refractivity contribution in [3.63, 3.8) is 0 Å². The van der Waals surface area contributed by atoms with Gasteiger partial charge in [-0.15, -0.1) is 11.3 Å². The molecule has 0 bridgehead atoms. The van der Waals surface area contributed by atoms with Crippen molar-refractivity contribution in [2.75, 3.05) is 42.6 Å². The highest BCUT2D eigenvalue weighted by molar-refractivity contribution is 7.17. The fraction of sp³-hybridized carbons (Fsp3) is 0.440. The predicted octanol–water partition coefficient (Wildman–Crippen LogP) is 5.05. The molecule has 0 spiro atoms. The normalized spacial score (nSPS) is 19.3. The van der Waals surface area contributed by atoms with Gasteiger partial charge in [0.25, 0.3) is 5.91 Å². The highest BCUT2D eigenvalue weighted by atomic mass is 35.5. The van der Waals surface area contributed by atoms with Crippen LogP contribution in [0.3, 0.4) is 0 Å². The zero-order valence-electron chi connectivity index (χ0n) is 19.3. The molecule has 2 aromatic rings. The monoisotopic (exact) mass is 487 g/mol. The number of morpholine rings is 1. The molecule has 8 heteroatoms. The summed E-state index contributed by atoms with van der Waals surface area (Å²) in [6.07, 6.45) is 0.424. The van der Waals surface area contributed by atoms with Gasteiger partial charge in [0.05, 0.1) is 22.4 Å². The summed E-state index contributed by atoms with van der Waals surface area (Å²) in [6.45, 7) is 13.2. The first kappa shape index (κ1) is 23.8. The summed E-state index contributed by atoms with van der Waals surface area (Å²) >= 11 is 7.34. The number of carbonyl (C=O) groups is 2. The van der Waals surface area contributed by atoms with Gasteiger partial charge in [0.2, 0.25) is 5.91 Å². The number of thiophene rings is 1. The van der Waals surface area contributed by atoms with Gasteiger partial charge in [-0.2, -0.15) is 0 Å². The van der Waals surface area contributed by atoms with Gasteiger partial charge in [0, 0.05) is 54.6 Å². The van der Waals surface area contributed by atoms with Gasteiger partial charge < -0.3 is 19.4 Å². The SMILES string of the molecule is C=C1COCCN1c1ccc(N2CC(CN(C(=O)c3ccc(Cl)s3)C(C)(C)C)CC2=O)cc1. The van der Waals surface area contributed by atoms with Crippen molar-refractivity contribution in [1.29, 1.82) is 0 Å². The number of rotatable bonds is 5. The maximum Gasteiger partial charge on any atom is 0.264 e. The molecule has 6 nitrogen and oxygen atoms in total. The van der Waals surface area contributed by atoms with Crippen LogP contribution in [0, 0.1) is 5.92 Å². The molecule has 0 N–H and O–H groups in total. The van der Waals surface area contributed by atoms with Crippen molar-refractivity contribution in [1.82, 2.24) is 4.90 Å². The topological polar surface area (TPSA) is 53.1 Å². The summed E-state index contributed by atoms with van der Waals surface area (Å²) in [5.74, 6) is 0.110. The fourth-order valence-electron chi connectivity index (χ4n) is 4.34. The van der Waals surface area contributed by atoms with Crippen LogP contribution in [-0.2, 0) is 9.53 Å². The molecule has 2 saturated heterocycles. The Bertz CT molecular complexity index is 1040. The molecular formula is C25H30ClN3O3S. The van der Waals surface area contributed by atoms with Crippen LogP contribution in [-0.4, -0.2) is 55.1 Å². The lowest BCUT2D eigenvalue weighted by Gasteiger charge is -2.37. The van der Waals surface area contributed by atoms with Crippen LogP contribution in [0.5, 0.6) is 0 Å². The van der Waals surface area contributed by atoms with E-state index in [2.05, 4.69) is 11.5 Å². The molecule has 1 atom stereocenters. The third-order valence-electron chi connectivity index (χ3n) is 6.07. The van der Waals surface area contributed by atoms with E-state index in [9.17, 15) is 9.59 Å². The number of hydrogen-bond donors (Lipinski definition) is 0. The largest absolute Gasteiger partial charge is 0.373 e. The Morgan fingerprint density at radius 3 is 2.42 bits per heavy atom. The summed E-state index contributed by atoms with van der Waals surface area (Å²) < 4.78 is 6.03. The van der Waals surface area contributed by atoms with Crippen molar-refractivity contribution in [3.8, 4) is 0 Å². The zero-order valence-corrected chi connectivity index (χ0v) is 20.9. The molecule has 33 heavy (non-hydrogen) atoms. The minimum absolute atomic E-state index is 0.0413. The lowest BCUT2D eigenvalue weighted by molar-refractivity contribution is -0.117. The molecule has 2 aliphatic rings. The van der Waals surface area contributed by atoms with Crippen molar-refractivity contribution in [3.05, 3.63) is 57.9 Å². The summed E-state index contributed by atoms with van der Waals surface area (Å²) in [5, 5.41) is 0. The van der Waals surface area contributed by atoms with Gasteiger partial charge >= 0.3 is 0 Å². The third-order valence-corrected chi connectivity index (χ3v) is 7.29. The molecule has 2 aliphatic heterocycles. The second kappa shape index (κ2) is 9.49. The van der Waals surface area contributed by atoms with E-state index in [1.54, 1.807) is 12.1 Å². The van der Waals surface area contributed by atoms with Crippen molar-refractivity contribution in [2.24, 2.45) is 5.92 Å². The van der Waals surface area contributed by atoms with Crippen LogP contribution in [0.1, 0.15) is 36.9 Å². The maximum atomic E-state index is 13.2. The lowest BCUT2D eigenvalue weighted by Crippen LogP contribution is -2.48. The molecule has 1 aromatic carbocycles. The highest BCUT2D eigenvalue weighted by Gasteiger charge is 2.36. The average Bonchev–Trinajstić information content (AvgIpc) is 3.37. The maximum absolute atomic E-state index is 13.2. The quantitative estimate of drug-likeness (QED) is 0.592. The van der Waals surface area contributed by atoms with Gasteiger partial charge in [-0.05, 0) is 57.2 Å². The Balaban J connectivity index is 1.45. The molecule has 176 valence electrons. The Morgan fingerprint density at radius 1 is 1.18 bits per heavy atom. The molecular weight excluding hydrogens is 458 g/mol. The van der Waals surface area contributed by atoms with Crippen molar-refractivity contribution >= 4 is 46.1 Å². The molecule has 0 saturated carbocycles. The number of benzene rings is 1. The van der Waals surface area contributed by atoms with E-state index < -0.39 is 0 Å². The van der Waals surface area contributed by atoms with Crippen molar-refractivity contribution < 1.29 is 14.3 Å². The second-order valence-electron chi connectivity index (χ2n) is 9.55. The van der Waals surface area contributed by atoms with Crippen LogP contribution >= 0.6 is 22.9 Å². The van der Waals surface area contributed by atoms with E-state index >= 15 is 0 Å². The number of halogens is 1. The Hall–Kier alpha value is -2.35. The molecule has 1 unspecified atom stereocenters. The summed E-state index contributed by atoms with van der Waals surface area (Å²) in [4.78, 5) is 32.5. The first-order chi connectivity index (χ1) is 15.6. The van der Waals surface area contributed by atoms with Crippen LogP contribution in [0.15, 0.2) is 48.7 Å². The number of hydrogen-bond acceptors (Lipinski definition) is 5. The van der Waals surface area contributed by atoms with Crippen molar-refractivity contribution in [2.45, 2.75) is 32.7 Å². The van der Waals surface area contributed by atoms with E-state index in [0.717, 1.165) is 23.6 Å². The smallest absolute Gasteiger partial charge is 0.264 e. The van der Waals surface area contributed by atoms with E-state index in [4.69, 9.17) is 16.3 Å². The third kappa shape index (κ3) is 5.26. The molecule has 0 radical (unpaired) electrons. The van der Waals surface area contributed by atoms with E-state index in [-0.39, 0.29) is 23.3 Å². The number of ether oxygens (including phenoxy) is 1. The predicted molar refractivity (Wildman–Crippen MR) is 134 cm³/mol. The molecule has 2 fully saturated rings. The van der Waals surface area contributed by atoms with Crippen LogP contribution in [0.2, 0.25) is 4.34 Å². The standard InChI is InChI=1S/C25H30ClN3O3S/c1-17-16-32-12-11-27(17)19-5-7-20(8-6-19)28-14-18(13-23(28)30)15-29(25(2,3)4)24(31)21-9-10-22(26)33-21/h5-10,18H,1,11-16H2,2-4H3. The van der Waals surface area contributed by atoms with Gasteiger partial charge in [0.1, 0.15) is 0 Å². The van der Waals surface area contributed by atoms with Crippen LogP contribution in [0.4, 0.5) is 11.4 Å². The Labute approximate surface area is 204 Å². The molecule has 3 heterocycles. The first-order valence-electron chi connectivity index (χ1n) is 11.1. The second-order valence-corrected chi connectivity index (χ2v) is 11.3. The van der Waals surface area contributed by atoms with Gasteiger partial charge in [-0.3, -0.25) is 9.59 Å². The molecule has 1 aromatic heterocycles. The van der Waals surface area contributed by atoms with Gasteiger partial charge in [0.15, 0.2) is 0 Å². The van der Waals surface area contributed by atoms with E-state index in [1.807, 2.05) is 54.8 Å². The number of nitrogens with zero attached hydrogens (tertiary/aromatic N) is 3. The zero-order chi connectivity index (χ0) is 23.8. The molecule has 4 rings (SSSR count). The summed E-state index contributed by atoms with van der Waals surface area (Å²) in [5.41, 5.74) is 2.50. The summed E-state index contributed by atoms with van der Waals surface area (Å²) in [7, 11) is 0. The Kier molecular flexibility index (Phi) is 6.84. The summed E-state index contributed by atoms with van der Waals surface area (Å²) in [6, 6.07) is 11.5. The minimum Gasteiger partial charge on any atom is -0.373 e. The number of amides is 2. The highest BCUT2D eigenvalue weighted by Crippen LogP contribution is 2.31. The van der Waals surface area contributed by atoms with E-state index in [1.165, 1.54) is 11.3 Å². The number of anilines is 2. The lowest BCUT2D eigenvalue weighted by atomic mass is 10.0. The van der Waals surface area contributed by atoms with Gasteiger partial charge in [-0.25, -0.2) is 0 Å². The fourth-order valence-corrected chi connectivity index (χ4v) is 5.33. The molecule has 0 aliphatic carbocycles. The Morgan fingerprint density at radius 2 is 1.85 bits per heavy atom. The van der Waals surface area contributed by atoms with Crippen LogP contribution < -0.4 is 9.80 Å². The van der Waals surface area contributed by atoms with E-state index in [0.29, 0.717) is 41.9 Å². The first-order valence-corrected chi connectivity index (χ1v) is 12.3. The molecule has 2 amide bonds. The van der Waals surface area contributed by atoms with Gasteiger partial charge in [-0.1, -0.05) is 18.2 Å².